The summed E-state index contributed by atoms with van der Waals surface area (Å²) in [6, 6.07) is 11.1. The molecule has 2 rings (SSSR count). The normalized spacial score (nSPS) is 10.7. The third-order valence-electron chi connectivity index (χ3n) is 3.08. The zero-order valence-electron chi connectivity index (χ0n) is 13.8. The van der Waals surface area contributed by atoms with Gasteiger partial charge in [-0.2, -0.15) is 5.10 Å². The summed E-state index contributed by atoms with van der Waals surface area (Å²) in [5.74, 6) is 0.447. The molecular weight excluding hydrogens is 378 g/mol. The van der Waals surface area contributed by atoms with Crippen molar-refractivity contribution in [3.05, 3.63) is 63.2 Å². The second-order valence-corrected chi connectivity index (χ2v) is 6.43. The summed E-state index contributed by atoms with van der Waals surface area (Å²) < 4.78 is 5.47. The van der Waals surface area contributed by atoms with E-state index < -0.39 is 4.92 Å². The van der Waals surface area contributed by atoms with E-state index in [1.165, 1.54) is 30.1 Å². The fraction of sp³-hybridized carbons (Fsp3) is 0.176. The Hall–Kier alpha value is -2.58. The Morgan fingerprint density at radius 3 is 2.73 bits per heavy atom. The molecule has 0 unspecified atom stereocenters. The van der Waals surface area contributed by atoms with Gasteiger partial charge in [-0.1, -0.05) is 11.6 Å². The smallest absolute Gasteiger partial charge is 0.269 e. The predicted octanol–water partition coefficient (Wildman–Crippen LogP) is 3.89. The molecule has 0 heterocycles. The van der Waals surface area contributed by atoms with Crippen LogP contribution in [0.15, 0.2) is 52.5 Å². The molecule has 0 aliphatic heterocycles. The second kappa shape index (κ2) is 9.79. The first kappa shape index (κ1) is 19.7. The van der Waals surface area contributed by atoms with E-state index >= 15 is 0 Å². The van der Waals surface area contributed by atoms with Crippen molar-refractivity contribution in [1.29, 1.82) is 0 Å². The van der Waals surface area contributed by atoms with Gasteiger partial charge in [-0.25, -0.2) is 5.43 Å². The summed E-state index contributed by atoms with van der Waals surface area (Å²) in [4.78, 5) is 22.7. The Labute approximate surface area is 159 Å². The highest BCUT2D eigenvalue weighted by atomic mass is 35.5. The molecule has 9 heteroatoms. The van der Waals surface area contributed by atoms with Crippen molar-refractivity contribution in [2.24, 2.45) is 5.10 Å². The van der Waals surface area contributed by atoms with Crippen LogP contribution in [0.5, 0.6) is 5.75 Å². The van der Waals surface area contributed by atoms with Gasteiger partial charge in [0.15, 0.2) is 0 Å². The number of hydrazone groups is 1. The van der Waals surface area contributed by atoms with Crippen LogP contribution >= 0.6 is 23.4 Å². The molecule has 0 atom stereocenters. The highest BCUT2D eigenvalue weighted by Gasteiger charge is 2.06. The molecule has 0 bridgehead atoms. The molecule has 136 valence electrons. The minimum atomic E-state index is -0.470. The number of nitrogens with zero attached hydrogens (tertiary/aromatic N) is 2. The summed E-state index contributed by atoms with van der Waals surface area (Å²) in [5, 5.41) is 15.0. The van der Waals surface area contributed by atoms with E-state index in [0.29, 0.717) is 22.9 Å². The van der Waals surface area contributed by atoms with Gasteiger partial charge in [-0.15, -0.1) is 11.8 Å². The van der Waals surface area contributed by atoms with E-state index in [4.69, 9.17) is 16.3 Å². The van der Waals surface area contributed by atoms with Crippen LogP contribution in [0.2, 0.25) is 5.02 Å². The van der Waals surface area contributed by atoms with Crippen molar-refractivity contribution < 1.29 is 14.5 Å². The Morgan fingerprint density at radius 2 is 2.08 bits per heavy atom. The zero-order chi connectivity index (χ0) is 18.9. The van der Waals surface area contributed by atoms with Crippen molar-refractivity contribution in [3.63, 3.8) is 0 Å². The van der Waals surface area contributed by atoms with Crippen LogP contribution in [-0.2, 0) is 4.79 Å². The number of halogens is 1. The summed E-state index contributed by atoms with van der Waals surface area (Å²) in [6.45, 7) is 2.37. The third-order valence-corrected chi connectivity index (χ3v) is 4.33. The first-order chi connectivity index (χ1) is 12.5. The molecule has 0 aromatic heterocycles. The number of nitro groups is 1. The topological polar surface area (TPSA) is 93.8 Å². The molecule has 0 fully saturated rings. The number of carbonyl (C=O) groups excluding carboxylic acids is 1. The van der Waals surface area contributed by atoms with E-state index in [9.17, 15) is 14.9 Å². The quantitative estimate of drug-likeness (QED) is 0.318. The molecule has 0 spiro atoms. The zero-order valence-corrected chi connectivity index (χ0v) is 15.4. The molecule has 26 heavy (non-hydrogen) atoms. The second-order valence-electron chi connectivity index (χ2n) is 4.95. The van der Waals surface area contributed by atoms with Crippen molar-refractivity contribution in [3.8, 4) is 5.75 Å². The van der Waals surface area contributed by atoms with Crippen molar-refractivity contribution in [1.82, 2.24) is 5.43 Å². The number of benzene rings is 2. The van der Waals surface area contributed by atoms with Crippen LogP contribution in [0.25, 0.3) is 0 Å². The van der Waals surface area contributed by atoms with Crippen molar-refractivity contribution in [2.75, 3.05) is 12.4 Å². The number of nitro benzene ring substituents is 1. The van der Waals surface area contributed by atoms with Gasteiger partial charge < -0.3 is 4.74 Å². The highest BCUT2D eigenvalue weighted by molar-refractivity contribution is 8.00. The fourth-order valence-electron chi connectivity index (χ4n) is 1.93. The van der Waals surface area contributed by atoms with Gasteiger partial charge >= 0.3 is 0 Å². The average molecular weight is 394 g/mol. The molecule has 0 aliphatic rings. The number of amides is 1. The van der Waals surface area contributed by atoms with Gasteiger partial charge in [0.25, 0.3) is 5.69 Å². The standard InChI is InChI=1S/C17H16ClN3O4S/c1-2-25-16-8-3-13(18)9-12(16)10-19-20-17(22)11-26-15-6-4-14(5-7-15)21(23)24/h3-10H,2,11H2,1H3,(H,20,22)/b19-10-. The minimum absolute atomic E-state index is 0.00928. The van der Waals surface area contributed by atoms with Crippen LogP contribution in [0.4, 0.5) is 5.69 Å². The lowest BCUT2D eigenvalue weighted by atomic mass is 10.2. The molecule has 2 aromatic rings. The van der Waals surface area contributed by atoms with E-state index in [0.717, 1.165) is 4.90 Å². The molecule has 1 amide bonds. The van der Waals surface area contributed by atoms with Crippen LogP contribution in [0.3, 0.4) is 0 Å². The minimum Gasteiger partial charge on any atom is -0.493 e. The first-order valence-electron chi connectivity index (χ1n) is 7.61. The molecule has 0 aliphatic carbocycles. The Morgan fingerprint density at radius 1 is 1.35 bits per heavy atom. The van der Waals surface area contributed by atoms with Crippen LogP contribution in [0, 0.1) is 10.1 Å². The SMILES string of the molecule is CCOc1ccc(Cl)cc1/C=N\NC(=O)CSc1ccc([N+](=O)[O-])cc1. The maximum absolute atomic E-state index is 11.8. The summed E-state index contributed by atoms with van der Waals surface area (Å²) in [6.07, 6.45) is 1.46. The average Bonchev–Trinajstić information content (AvgIpc) is 2.62. The van der Waals surface area contributed by atoms with Crippen molar-refractivity contribution in [2.45, 2.75) is 11.8 Å². The van der Waals surface area contributed by atoms with Crippen LogP contribution in [-0.4, -0.2) is 29.4 Å². The lowest BCUT2D eigenvalue weighted by Crippen LogP contribution is -2.19. The van der Waals surface area contributed by atoms with E-state index in [2.05, 4.69) is 10.5 Å². The monoisotopic (exact) mass is 393 g/mol. The Kier molecular flexibility index (Phi) is 7.43. The summed E-state index contributed by atoms with van der Waals surface area (Å²) in [7, 11) is 0. The molecule has 7 nitrogen and oxygen atoms in total. The number of hydrogen-bond donors (Lipinski definition) is 1. The summed E-state index contributed by atoms with van der Waals surface area (Å²) >= 11 is 7.21. The first-order valence-corrected chi connectivity index (χ1v) is 8.97. The van der Waals surface area contributed by atoms with Gasteiger partial charge in [0.05, 0.1) is 23.5 Å². The number of thioether (sulfide) groups is 1. The molecule has 0 saturated heterocycles. The van der Waals surface area contributed by atoms with Gasteiger partial charge in [0.2, 0.25) is 5.91 Å². The molecule has 2 aromatic carbocycles. The number of rotatable bonds is 8. The Balaban J connectivity index is 1.87. The summed E-state index contributed by atoms with van der Waals surface area (Å²) in [5.41, 5.74) is 3.09. The molecule has 0 radical (unpaired) electrons. The third kappa shape index (κ3) is 6.05. The molecule has 0 saturated carbocycles. The van der Waals surface area contributed by atoms with Gasteiger partial charge in [-0.05, 0) is 37.3 Å². The van der Waals surface area contributed by atoms with E-state index in [-0.39, 0.29) is 17.3 Å². The lowest BCUT2D eigenvalue weighted by Gasteiger charge is -2.07. The predicted molar refractivity (Wildman–Crippen MR) is 102 cm³/mol. The van der Waals surface area contributed by atoms with Gasteiger partial charge in [0.1, 0.15) is 5.75 Å². The lowest BCUT2D eigenvalue weighted by molar-refractivity contribution is -0.384. The van der Waals surface area contributed by atoms with E-state index in [1.54, 1.807) is 30.3 Å². The molecular formula is C17H16ClN3O4S. The number of carbonyl (C=O) groups is 1. The number of non-ortho nitro benzene ring substituents is 1. The largest absolute Gasteiger partial charge is 0.493 e. The number of nitrogens with one attached hydrogen (secondary N) is 1. The molecule has 1 N–H and O–H groups in total. The maximum atomic E-state index is 11.8. The van der Waals surface area contributed by atoms with E-state index in [1.807, 2.05) is 6.92 Å². The van der Waals surface area contributed by atoms with Crippen LogP contribution < -0.4 is 10.2 Å². The Bertz CT molecular complexity index is 812. The highest BCUT2D eigenvalue weighted by Crippen LogP contribution is 2.22. The fourth-order valence-corrected chi connectivity index (χ4v) is 2.80. The van der Waals surface area contributed by atoms with Crippen LogP contribution in [0.1, 0.15) is 12.5 Å². The number of ether oxygens (including phenoxy) is 1. The van der Waals surface area contributed by atoms with Gasteiger partial charge in [-0.3, -0.25) is 14.9 Å². The van der Waals surface area contributed by atoms with Gasteiger partial charge in [0, 0.05) is 27.6 Å². The number of hydrogen-bond acceptors (Lipinski definition) is 6. The maximum Gasteiger partial charge on any atom is 0.269 e. The van der Waals surface area contributed by atoms with Crippen molar-refractivity contribution >= 4 is 41.2 Å².